The second-order valence-corrected chi connectivity index (χ2v) is 4.35. The monoisotopic (exact) mass is 274 g/mol. The van der Waals surface area contributed by atoms with Gasteiger partial charge in [-0.2, -0.15) is 8.78 Å². The summed E-state index contributed by atoms with van der Waals surface area (Å²) in [6.07, 6.45) is 0.172. The number of benzene rings is 1. The summed E-state index contributed by atoms with van der Waals surface area (Å²) in [5.41, 5.74) is 0.638. The van der Waals surface area contributed by atoms with E-state index in [1.54, 1.807) is 19.1 Å². The van der Waals surface area contributed by atoms with Gasteiger partial charge in [-0.1, -0.05) is 26.3 Å². The van der Waals surface area contributed by atoms with Gasteiger partial charge in [0.2, 0.25) is 0 Å². The highest BCUT2D eigenvalue weighted by Crippen LogP contribution is 2.34. The van der Waals surface area contributed by atoms with E-state index < -0.39 is 12.7 Å². The minimum Gasteiger partial charge on any atom is -0.490 e. The summed E-state index contributed by atoms with van der Waals surface area (Å²) < 4.78 is 34.2. The Morgan fingerprint density at radius 1 is 1.21 bits per heavy atom. The molecule has 0 heterocycles. The minimum absolute atomic E-state index is 0.0167. The van der Waals surface area contributed by atoms with Crippen molar-refractivity contribution < 1.29 is 23.4 Å². The van der Waals surface area contributed by atoms with Crippen molar-refractivity contribution in [3.05, 3.63) is 23.8 Å². The molecule has 0 radical (unpaired) electrons. The van der Waals surface area contributed by atoms with Gasteiger partial charge in [0.1, 0.15) is 0 Å². The number of hydrogen-bond donors (Lipinski definition) is 1. The van der Waals surface area contributed by atoms with Crippen LogP contribution in [0.3, 0.4) is 0 Å². The summed E-state index contributed by atoms with van der Waals surface area (Å²) in [5.74, 6) is 0.288. The lowest BCUT2D eigenvalue weighted by Crippen LogP contribution is -2.09. The van der Waals surface area contributed by atoms with Crippen molar-refractivity contribution in [3.8, 4) is 11.5 Å². The fraction of sp³-hybridized carbons (Fsp3) is 0.571. The van der Waals surface area contributed by atoms with Crippen LogP contribution < -0.4 is 9.47 Å². The van der Waals surface area contributed by atoms with Crippen molar-refractivity contribution in [2.75, 3.05) is 6.61 Å². The molecule has 1 aromatic carbocycles. The third-order valence-corrected chi connectivity index (χ3v) is 3.01. The number of ether oxygens (including phenoxy) is 2. The first-order valence-corrected chi connectivity index (χ1v) is 6.39. The number of alkyl halides is 2. The lowest BCUT2D eigenvalue weighted by Gasteiger charge is -2.19. The van der Waals surface area contributed by atoms with E-state index in [1.165, 1.54) is 6.07 Å². The van der Waals surface area contributed by atoms with E-state index in [9.17, 15) is 13.9 Å². The zero-order chi connectivity index (χ0) is 14.4. The highest BCUT2D eigenvalue weighted by Gasteiger charge is 2.18. The van der Waals surface area contributed by atoms with Crippen LogP contribution in [-0.2, 0) is 0 Å². The molecule has 0 saturated carbocycles. The SMILES string of the molecule is CCOc1cc(C(O)C(C)CC)ccc1OC(F)F. The Morgan fingerprint density at radius 2 is 1.89 bits per heavy atom. The predicted molar refractivity (Wildman–Crippen MR) is 68.7 cm³/mol. The maximum Gasteiger partial charge on any atom is 0.387 e. The van der Waals surface area contributed by atoms with Gasteiger partial charge in [0.15, 0.2) is 11.5 Å². The molecule has 1 N–H and O–H groups in total. The molecule has 0 saturated heterocycles. The Hall–Kier alpha value is -1.36. The van der Waals surface area contributed by atoms with Gasteiger partial charge in [-0.3, -0.25) is 0 Å². The Balaban J connectivity index is 3.01. The van der Waals surface area contributed by atoms with Gasteiger partial charge in [-0.05, 0) is 30.5 Å². The summed E-state index contributed by atoms with van der Waals surface area (Å²) in [6.45, 7) is 3.09. The molecule has 108 valence electrons. The lowest BCUT2D eigenvalue weighted by atomic mass is 9.95. The molecule has 19 heavy (non-hydrogen) atoms. The maximum absolute atomic E-state index is 12.3. The molecule has 1 aromatic rings. The standard InChI is InChI=1S/C14H20F2O3/c1-4-9(3)13(17)10-6-7-11(19-14(15)16)12(8-10)18-5-2/h6-9,13-14,17H,4-5H2,1-3H3. The van der Waals surface area contributed by atoms with Gasteiger partial charge in [-0.15, -0.1) is 0 Å². The Labute approximate surface area is 112 Å². The number of aliphatic hydroxyl groups is 1. The van der Waals surface area contributed by atoms with Gasteiger partial charge < -0.3 is 14.6 Å². The summed E-state index contributed by atoms with van der Waals surface area (Å²) in [4.78, 5) is 0. The highest BCUT2D eigenvalue weighted by molar-refractivity contribution is 5.43. The first-order chi connectivity index (χ1) is 8.99. The molecule has 0 aliphatic heterocycles. The van der Waals surface area contributed by atoms with Crippen molar-refractivity contribution in [2.24, 2.45) is 5.92 Å². The second-order valence-electron chi connectivity index (χ2n) is 4.35. The molecule has 0 amide bonds. The van der Waals surface area contributed by atoms with E-state index in [2.05, 4.69) is 4.74 Å². The van der Waals surface area contributed by atoms with E-state index in [4.69, 9.17) is 4.74 Å². The highest BCUT2D eigenvalue weighted by atomic mass is 19.3. The van der Waals surface area contributed by atoms with Gasteiger partial charge in [0.05, 0.1) is 12.7 Å². The third-order valence-electron chi connectivity index (χ3n) is 3.01. The van der Waals surface area contributed by atoms with Crippen molar-refractivity contribution in [1.82, 2.24) is 0 Å². The number of hydrogen-bond acceptors (Lipinski definition) is 3. The average molecular weight is 274 g/mol. The third kappa shape index (κ3) is 4.35. The Morgan fingerprint density at radius 3 is 2.42 bits per heavy atom. The van der Waals surface area contributed by atoms with E-state index in [1.807, 2.05) is 13.8 Å². The van der Waals surface area contributed by atoms with Gasteiger partial charge in [0.25, 0.3) is 0 Å². The molecule has 0 fully saturated rings. The average Bonchev–Trinajstić information content (AvgIpc) is 2.38. The zero-order valence-electron chi connectivity index (χ0n) is 11.4. The molecule has 2 atom stereocenters. The summed E-state index contributed by atoms with van der Waals surface area (Å²) in [6, 6.07) is 4.53. The minimum atomic E-state index is -2.90. The fourth-order valence-electron chi connectivity index (χ4n) is 1.72. The van der Waals surface area contributed by atoms with Crippen LogP contribution in [-0.4, -0.2) is 18.3 Å². The molecule has 1 rings (SSSR count). The normalized spacial score (nSPS) is 14.3. The van der Waals surface area contributed by atoms with Crippen LogP contribution in [0.2, 0.25) is 0 Å². The molecule has 2 unspecified atom stereocenters. The van der Waals surface area contributed by atoms with Crippen molar-refractivity contribution in [3.63, 3.8) is 0 Å². The summed E-state index contributed by atoms with van der Waals surface area (Å²) in [5, 5.41) is 10.1. The van der Waals surface area contributed by atoms with Crippen LogP contribution in [0, 0.1) is 5.92 Å². The van der Waals surface area contributed by atoms with Crippen LogP contribution in [0.1, 0.15) is 38.9 Å². The van der Waals surface area contributed by atoms with E-state index in [0.717, 1.165) is 6.42 Å². The summed E-state index contributed by atoms with van der Waals surface area (Å²) >= 11 is 0. The molecular formula is C14H20F2O3. The van der Waals surface area contributed by atoms with E-state index in [0.29, 0.717) is 12.2 Å². The van der Waals surface area contributed by atoms with Gasteiger partial charge in [0, 0.05) is 0 Å². The molecule has 0 aromatic heterocycles. The quantitative estimate of drug-likeness (QED) is 0.822. The van der Waals surface area contributed by atoms with Gasteiger partial charge in [-0.25, -0.2) is 0 Å². The smallest absolute Gasteiger partial charge is 0.387 e. The maximum atomic E-state index is 12.3. The zero-order valence-corrected chi connectivity index (χ0v) is 11.4. The van der Waals surface area contributed by atoms with E-state index in [-0.39, 0.29) is 17.4 Å². The predicted octanol–water partition coefficient (Wildman–Crippen LogP) is 3.77. The molecule has 5 heteroatoms. The van der Waals surface area contributed by atoms with Gasteiger partial charge >= 0.3 is 6.61 Å². The lowest BCUT2D eigenvalue weighted by molar-refractivity contribution is -0.0514. The first-order valence-electron chi connectivity index (χ1n) is 6.39. The molecular weight excluding hydrogens is 254 g/mol. The van der Waals surface area contributed by atoms with Crippen LogP contribution in [0.4, 0.5) is 8.78 Å². The van der Waals surface area contributed by atoms with Crippen molar-refractivity contribution in [2.45, 2.75) is 39.9 Å². The fourth-order valence-corrected chi connectivity index (χ4v) is 1.72. The van der Waals surface area contributed by atoms with Crippen LogP contribution >= 0.6 is 0 Å². The molecule has 0 aliphatic rings. The largest absolute Gasteiger partial charge is 0.490 e. The van der Waals surface area contributed by atoms with Crippen LogP contribution in [0.15, 0.2) is 18.2 Å². The number of aliphatic hydroxyl groups excluding tert-OH is 1. The summed E-state index contributed by atoms with van der Waals surface area (Å²) in [7, 11) is 0. The Bertz CT molecular complexity index is 396. The molecule has 0 bridgehead atoms. The second kappa shape index (κ2) is 7.28. The van der Waals surface area contributed by atoms with Crippen LogP contribution in [0.5, 0.6) is 11.5 Å². The molecule has 3 nitrogen and oxygen atoms in total. The number of rotatable bonds is 7. The van der Waals surface area contributed by atoms with Crippen molar-refractivity contribution in [1.29, 1.82) is 0 Å². The van der Waals surface area contributed by atoms with Crippen molar-refractivity contribution >= 4 is 0 Å². The Kier molecular flexibility index (Phi) is 6.02. The molecule has 0 aliphatic carbocycles. The topological polar surface area (TPSA) is 38.7 Å². The molecule has 0 spiro atoms. The number of halogens is 2. The first kappa shape index (κ1) is 15.7. The van der Waals surface area contributed by atoms with Crippen LogP contribution in [0.25, 0.3) is 0 Å². The van der Waals surface area contributed by atoms with E-state index >= 15 is 0 Å².